The van der Waals surface area contributed by atoms with Crippen LogP contribution in [0.2, 0.25) is 0 Å². The van der Waals surface area contributed by atoms with Gasteiger partial charge in [-0.1, -0.05) is 18.2 Å². The van der Waals surface area contributed by atoms with Crippen molar-refractivity contribution in [2.45, 2.75) is 33.4 Å². The van der Waals surface area contributed by atoms with Crippen LogP contribution in [-0.4, -0.2) is 20.4 Å². The highest BCUT2D eigenvalue weighted by molar-refractivity contribution is 7.17. The van der Waals surface area contributed by atoms with Crippen LogP contribution in [0, 0.1) is 12.7 Å². The number of pyridine rings is 1. The molecule has 0 atom stereocenters. The fraction of sp³-hybridized carbons (Fsp3) is 0.227. The van der Waals surface area contributed by atoms with Gasteiger partial charge in [0.15, 0.2) is 0 Å². The lowest BCUT2D eigenvalue weighted by molar-refractivity contribution is 0.0954. The fourth-order valence-electron chi connectivity index (χ4n) is 3.27. The van der Waals surface area contributed by atoms with Crippen LogP contribution in [-0.2, 0) is 6.54 Å². The first-order chi connectivity index (χ1) is 14.0. The first kappa shape index (κ1) is 19.3. The third-order valence-corrected chi connectivity index (χ3v) is 5.97. The SMILES string of the molecule is Cc1nc(-c2cn(C(C)C)c3ncccc23)sc1C(=O)NCc1ccccc1F. The summed E-state index contributed by atoms with van der Waals surface area (Å²) in [7, 11) is 0. The van der Waals surface area contributed by atoms with Crippen LogP contribution in [0.5, 0.6) is 0 Å². The molecule has 0 saturated carbocycles. The molecule has 1 N–H and O–H groups in total. The molecule has 4 aromatic rings. The van der Waals surface area contributed by atoms with Crippen LogP contribution >= 0.6 is 11.3 Å². The number of carbonyl (C=O) groups excluding carboxylic acids is 1. The number of fused-ring (bicyclic) bond motifs is 1. The molecule has 4 rings (SSSR count). The number of nitrogens with zero attached hydrogens (tertiary/aromatic N) is 3. The highest BCUT2D eigenvalue weighted by Crippen LogP contribution is 2.35. The number of halogens is 1. The maximum atomic E-state index is 13.8. The van der Waals surface area contributed by atoms with Gasteiger partial charge < -0.3 is 9.88 Å². The molecule has 0 aliphatic heterocycles. The number of thiazole rings is 1. The summed E-state index contributed by atoms with van der Waals surface area (Å²) in [5.41, 5.74) is 2.97. The second kappa shape index (κ2) is 7.75. The summed E-state index contributed by atoms with van der Waals surface area (Å²) in [4.78, 5) is 22.4. The van der Waals surface area contributed by atoms with Crippen molar-refractivity contribution in [3.63, 3.8) is 0 Å². The zero-order valence-electron chi connectivity index (χ0n) is 16.4. The normalized spacial score (nSPS) is 11.3. The fourth-order valence-corrected chi connectivity index (χ4v) is 4.27. The number of rotatable bonds is 5. The lowest BCUT2D eigenvalue weighted by atomic mass is 10.2. The van der Waals surface area contributed by atoms with E-state index < -0.39 is 0 Å². The molecule has 3 heterocycles. The van der Waals surface area contributed by atoms with Crippen molar-refractivity contribution >= 4 is 28.3 Å². The maximum absolute atomic E-state index is 13.8. The van der Waals surface area contributed by atoms with Gasteiger partial charge in [-0.05, 0) is 39.0 Å². The smallest absolute Gasteiger partial charge is 0.263 e. The van der Waals surface area contributed by atoms with Crippen LogP contribution in [0.3, 0.4) is 0 Å². The lowest BCUT2D eigenvalue weighted by Gasteiger charge is -2.07. The molecule has 0 aliphatic rings. The predicted octanol–water partition coefficient (Wildman–Crippen LogP) is 5.12. The average Bonchev–Trinajstić information content (AvgIpc) is 3.28. The molecule has 0 spiro atoms. The lowest BCUT2D eigenvalue weighted by Crippen LogP contribution is -2.23. The topological polar surface area (TPSA) is 59.8 Å². The number of benzene rings is 1. The van der Waals surface area contributed by atoms with E-state index in [4.69, 9.17) is 0 Å². The number of amides is 1. The van der Waals surface area contributed by atoms with E-state index in [1.165, 1.54) is 17.4 Å². The van der Waals surface area contributed by atoms with E-state index in [-0.39, 0.29) is 24.3 Å². The van der Waals surface area contributed by atoms with Gasteiger partial charge in [0, 0.05) is 41.5 Å². The van der Waals surface area contributed by atoms with E-state index in [1.54, 1.807) is 24.4 Å². The number of hydrogen-bond donors (Lipinski definition) is 1. The van der Waals surface area contributed by atoms with Gasteiger partial charge in [-0.3, -0.25) is 4.79 Å². The second-order valence-corrected chi connectivity index (χ2v) is 8.13. The first-order valence-corrected chi connectivity index (χ1v) is 10.2. The summed E-state index contributed by atoms with van der Waals surface area (Å²) in [5, 5.41) is 4.58. The molecule has 29 heavy (non-hydrogen) atoms. The Hall–Kier alpha value is -3.06. The van der Waals surface area contributed by atoms with Crippen LogP contribution in [0.1, 0.15) is 40.8 Å². The second-order valence-electron chi connectivity index (χ2n) is 7.13. The van der Waals surface area contributed by atoms with Gasteiger partial charge in [-0.15, -0.1) is 11.3 Å². The Balaban J connectivity index is 1.64. The highest BCUT2D eigenvalue weighted by atomic mass is 32.1. The van der Waals surface area contributed by atoms with E-state index >= 15 is 0 Å². The zero-order valence-corrected chi connectivity index (χ0v) is 17.3. The molecule has 5 nitrogen and oxygen atoms in total. The van der Waals surface area contributed by atoms with E-state index in [9.17, 15) is 9.18 Å². The van der Waals surface area contributed by atoms with Crippen molar-refractivity contribution < 1.29 is 9.18 Å². The van der Waals surface area contributed by atoms with Crippen molar-refractivity contribution in [2.75, 3.05) is 0 Å². The molecular formula is C22H21FN4OS. The van der Waals surface area contributed by atoms with E-state index in [0.29, 0.717) is 16.1 Å². The Labute approximate surface area is 172 Å². The highest BCUT2D eigenvalue weighted by Gasteiger charge is 2.20. The molecule has 148 valence electrons. The maximum Gasteiger partial charge on any atom is 0.263 e. The van der Waals surface area contributed by atoms with Crippen molar-refractivity contribution in [1.29, 1.82) is 0 Å². The Morgan fingerprint density at radius 2 is 2.03 bits per heavy atom. The van der Waals surface area contributed by atoms with Gasteiger partial charge >= 0.3 is 0 Å². The number of hydrogen-bond acceptors (Lipinski definition) is 4. The summed E-state index contributed by atoms with van der Waals surface area (Å²) in [5.74, 6) is -0.580. The molecule has 7 heteroatoms. The van der Waals surface area contributed by atoms with E-state index in [0.717, 1.165) is 21.6 Å². The van der Waals surface area contributed by atoms with Crippen molar-refractivity contribution in [1.82, 2.24) is 19.9 Å². The summed E-state index contributed by atoms with van der Waals surface area (Å²) >= 11 is 1.34. The quantitative estimate of drug-likeness (QED) is 0.499. The number of aryl methyl sites for hydroxylation is 1. The summed E-state index contributed by atoms with van der Waals surface area (Å²) in [6, 6.07) is 10.6. The average molecular weight is 409 g/mol. The van der Waals surface area contributed by atoms with Crippen molar-refractivity contribution in [3.05, 3.63) is 70.7 Å². The first-order valence-electron chi connectivity index (χ1n) is 9.40. The summed E-state index contributed by atoms with van der Waals surface area (Å²) in [6.07, 6.45) is 3.82. The van der Waals surface area contributed by atoms with Gasteiger partial charge in [0.25, 0.3) is 5.91 Å². The third kappa shape index (κ3) is 3.65. The minimum Gasteiger partial charge on any atom is -0.347 e. The van der Waals surface area contributed by atoms with Crippen LogP contribution in [0.25, 0.3) is 21.6 Å². The number of carbonyl (C=O) groups is 1. The monoisotopic (exact) mass is 408 g/mol. The molecule has 1 amide bonds. The van der Waals surface area contributed by atoms with Gasteiger partial charge in [-0.2, -0.15) is 0 Å². The zero-order chi connectivity index (χ0) is 20.5. The van der Waals surface area contributed by atoms with Crippen LogP contribution in [0.4, 0.5) is 4.39 Å². The summed E-state index contributed by atoms with van der Waals surface area (Å²) < 4.78 is 15.9. The Morgan fingerprint density at radius 3 is 2.79 bits per heavy atom. The minimum atomic E-state index is -0.330. The van der Waals surface area contributed by atoms with Gasteiger partial charge in [-0.25, -0.2) is 14.4 Å². The molecule has 0 saturated heterocycles. The Kier molecular flexibility index (Phi) is 5.15. The molecule has 3 aromatic heterocycles. The molecule has 0 fully saturated rings. The summed E-state index contributed by atoms with van der Waals surface area (Å²) in [6.45, 7) is 6.16. The third-order valence-electron chi connectivity index (χ3n) is 4.78. The predicted molar refractivity (Wildman–Crippen MR) is 114 cm³/mol. The Bertz CT molecular complexity index is 1190. The Morgan fingerprint density at radius 1 is 1.24 bits per heavy atom. The standard InChI is InChI=1S/C22H21FN4OS/c1-13(2)27-12-17(16-8-6-10-24-20(16)27)22-26-14(3)19(29-22)21(28)25-11-15-7-4-5-9-18(15)23/h4-10,12-13H,11H2,1-3H3,(H,25,28). The molecule has 0 unspecified atom stereocenters. The van der Waals surface area contributed by atoms with Crippen LogP contribution < -0.4 is 5.32 Å². The molecule has 0 radical (unpaired) electrons. The van der Waals surface area contributed by atoms with Crippen molar-refractivity contribution in [2.24, 2.45) is 0 Å². The van der Waals surface area contributed by atoms with Gasteiger partial charge in [0.05, 0.1) is 5.69 Å². The molecule has 0 aliphatic carbocycles. The van der Waals surface area contributed by atoms with E-state index in [1.807, 2.05) is 25.3 Å². The molecule has 0 bridgehead atoms. The molecular weight excluding hydrogens is 387 g/mol. The van der Waals surface area contributed by atoms with Crippen LogP contribution in [0.15, 0.2) is 48.8 Å². The van der Waals surface area contributed by atoms with Gasteiger partial charge in [0.1, 0.15) is 21.3 Å². The number of nitrogens with one attached hydrogen (secondary N) is 1. The van der Waals surface area contributed by atoms with E-state index in [2.05, 4.69) is 33.7 Å². The largest absolute Gasteiger partial charge is 0.347 e. The number of aromatic nitrogens is 3. The van der Waals surface area contributed by atoms with Gasteiger partial charge in [0.2, 0.25) is 0 Å². The van der Waals surface area contributed by atoms with Crippen molar-refractivity contribution in [3.8, 4) is 10.6 Å². The minimum absolute atomic E-state index is 0.134. The molecule has 1 aromatic carbocycles.